The van der Waals surface area contributed by atoms with Crippen LogP contribution < -0.4 is 15.8 Å². The van der Waals surface area contributed by atoms with Crippen LogP contribution in [0.4, 0.5) is 15.8 Å². The number of carbonyl (C=O) groups excluding carboxylic acids is 1. The number of piperidine rings is 1. The van der Waals surface area contributed by atoms with Crippen LogP contribution in [0.2, 0.25) is 0 Å². The van der Waals surface area contributed by atoms with Crippen molar-refractivity contribution < 1.29 is 14.3 Å². The quantitative estimate of drug-likeness (QED) is 0.248. The molecule has 1 aromatic carbocycles. The van der Waals surface area contributed by atoms with E-state index in [4.69, 9.17) is 0 Å². The van der Waals surface area contributed by atoms with Gasteiger partial charge in [0.25, 0.3) is 11.5 Å². The molecule has 4 aliphatic rings. The summed E-state index contributed by atoms with van der Waals surface area (Å²) in [5, 5.41) is 13.8. The molecule has 8 nitrogen and oxygen atoms in total. The molecule has 2 N–H and O–H groups in total. The first-order valence-corrected chi connectivity index (χ1v) is 18.0. The Morgan fingerprint density at radius 2 is 1.78 bits per heavy atom. The van der Waals surface area contributed by atoms with E-state index < -0.39 is 12.4 Å². The molecule has 0 atom stereocenters. The maximum absolute atomic E-state index is 15.4. The average Bonchev–Trinajstić information content (AvgIpc) is 3.46. The lowest BCUT2D eigenvalue weighted by atomic mass is 9.85. The third-order valence-corrected chi connectivity index (χ3v) is 11.3. The number of carbonyl (C=O) groups is 1. The first-order valence-electron chi connectivity index (χ1n) is 18.0. The highest BCUT2D eigenvalue weighted by molar-refractivity contribution is 6.07. The molecule has 0 radical (unpaired) electrons. The van der Waals surface area contributed by atoms with E-state index in [9.17, 15) is 14.7 Å². The Balaban J connectivity index is 1.12. The summed E-state index contributed by atoms with van der Waals surface area (Å²) in [5.41, 5.74) is 6.71. The van der Waals surface area contributed by atoms with Gasteiger partial charge in [-0.2, -0.15) is 0 Å². The monoisotopic (exact) mass is 665 g/mol. The highest BCUT2D eigenvalue weighted by Gasteiger charge is 2.32. The van der Waals surface area contributed by atoms with Crippen molar-refractivity contribution in [2.45, 2.75) is 83.9 Å². The lowest BCUT2D eigenvalue weighted by molar-refractivity contribution is 0.0917. The number of amides is 1. The first kappa shape index (κ1) is 33.3. The third-order valence-electron chi connectivity index (χ3n) is 11.3. The Bertz CT molecular complexity index is 1890. The zero-order valence-corrected chi connectivity index (χ0v) is 28.8. The molecule has 258 valence electrons. The molecule has 0 bridgehead atoms. The van der Waals surface area contributed by atoms with Crippen molar-refractivity contribution in [1.82, 2.24) is 14.0 Å². The fourth-order valence-electron chi connectivity index (χ4n) is 8.33. The molecule has 3 aromatic rings. The number of aliphatic hydroxyl groups is 1. The summed E-state index contributed by atoms with van der Waals surface area (Å²) in [6.45, 7) is 9.12. The van der Waals surface area contributed by atoms with Crippen LogP contribution in [0, 0.1) is 11.7 Å². The minimum Gasteiger partial charge on any atom is -0.392 e. The number of fused-ring (bicyclic) bond motifs is 3. The van der Waals surface area contributed by atoms with Gasteiger partial charge in [0, 0.05) is 54.9 Å². The van der Waals surface area contributed by atoms with E-state index in [1.807, 2.05) is 12.1 Å². The first-order chi connectivity index (χ1) is 23.7. The van der Waals surface area contributed by atoms with Gasteiger partial charge in [0.15, 0.2) is 0 Å². The van der Waals surface area contributed by atoms with E-state index >= 15 is 4.39 Å². The fourth-order valence-corrected chi connectivity index (χ4v) is 8.33. The van der Waals surface area contributed by atoms with Crippen molar-refractivity contribution in [2.75, 3.05) is 29.9 Å². The number of nitrogens with zero attached hydrogens (tertiary/aromatic N) is 4. The number of hydrogen-bond acceptors (Lipinski definition) is 5. The molecule has 1 amide bonds. The van der Waals surface area contributed by atoms with E-state index in [1.165, 1.54) is 52.8 Å². The molecule has 7 rings (SSSR count). The van der Waals surface area contributed by atoms with Crippen LogP contribution in [0.3, 0.4) is 0 Å². The summed E-state index contributed by atoms with van der Waals surface area (Å²) >= 11 is 0. The fraction of sp³-hybridized carbons (Fsp3) is 0.450. The Hall–Kier alpha value is -4.21. The van der Waals surface area contributed by atoms with Crippen LogP contribution in [0.5, 0.6) is 0 Å². The number of aromatic nitrogens is 2. The summed E-state index contributed by atoms with van der Waals surface area (Å²) < 4.78 is 19.0. The number of halogens is 1. The number of rotatable bonds is 9. The number of allylic oxidation sites excluding steroid dienone is 4. The second-order valence-electron chi connectivity index (χ2n) is 14.2. The number of benzene rings is 1. The van der Waals surface area contributed by atoms with Gasteiger partial charge in [0.05, 0.1) is 12.3 Å². The van der Waals surface area contributed by atoms with Gasteiger partial charge in [-0.05, 0) is 124 Å². The summed E-state index contributed by atoms with van der Waals surface area (Å²) in [7, 11) is 1.65. The Morgan fingerprint density at radius 3 is 2.49 bits per heavy atom. The Morgan fingerprint density at radius 1 is 1.00 bits per heavy atom. The van der Waals surface area contributed by atoms with Crippen LogP contribution in [0.15, 0.2) is 71.3 Å². The molecule has 9 heteroatoms. The molecule has 2 aliphatic carbocycles. The maximum atomic E-state index is 15.4. The number of nitrogens with one attached hydrogen (secondary N) is 1. The van der Waals surface area contributed by atoms with E-state index in [0.29, 0.717) is 52.8 Å². The van der Waals surface area contributed by atoms with Crippen LogP contribution in [0.1, 0.15) is 79.2 Å². The van der Waals surface area contributed by atoms with Gasteiger partial charge >= 0.3 is 0 Å². The number of pyridine rings is 1. The smallest absolute Gasteiger partial charge is 0.274 e. The molecule has 2 fully saturated rings. The van der Waals surface area contributed by atoms with Crippen molar-refractivity contribution in [3.8, 4) is 11.1 Å². The van der Waals surface area contributed by atoms with E-state index in [2.05, 4.69) is 40.4 Å². The minimum absolute atomic E-state index is 0.192. The Kier molecular flexibility index (Phi) is 9.48. The maximum Gasteiger partial charge on any atom is 0.274 e. The zero-order valence-electron chi connectivity index (χ0n) is 28.8. The van der Waals surface area contributed by atoms with Crippen LogP contribution >= 0.6 is 0 Å². The minimum atomic E-state index is -0.525. The SMILES string of the molecule is C=C(/C=C\C(=C/C)C1CCN(C2CCC2)CC1)Nc1cc(-c2cc(F)cc(N3CCn4c(cc5c4CCCC5)C3=O)c2CO)cn(C)c1=O. The van der Waals surface area contributed by atoms with Crippen LogP contribution in [0.25, 0.3) is 11.1 Å². The van der Waals surface area contributed by atoms with E-state index in [0.717, 1.165) is 57.7 Å². The number of anilines is 2. The molecule has 4 heterocycles. The second kappa shape index (κ2) is 14.0. The molecule has 2 aliphatic heterocycles. The molecular weight excluding hydrogens is 617 g/mol. The van der Waals surface area contributed by atoms with E-state index in [-0.39, 0.29) is 17.2 Å². The van der Waals surface area contributed by atoms with Crippen LogP contribution in [-0.2, 0) is 33.0 Å². The standard InChI is InChI=1S/C40H48FN5O3/c1-4-27(28-14-16-44(17-15-28)32-9-7-10-32)13-12-26(2)42-35-20-30(24-43(3)39(35)48)33-22-31(41)23-37(34(33)25-47)46-19-18-45-36-11-6-5-8-29(36)21-38(45)40(46)49/h4,12-13,20-24,28,32,42,47H,2,5-11,14-19,25H2,1,3H3/b13-12-,27-4+. The molecule has 49 heavy (non-hydrogen) atoms. The second-order valence-corrected chi connectivity index (χ2v) is 14.2. The van der Waals surface area contributed by atoms with Crippen molar-refractivity contribution >= 4 is 17.3 Å². The molecule has 0 unspecified atom stereocenters. The molecule has 0 spiro atoms. The summed E-state index contributed by atoms with van der Waals surface area (Å²) in [5.74, 6) is -0.215. The van der Waals surface area contributed by atoms with Gasteiger partial charge < -0.3 is 29.4 Å². The van der Waals surface area contributed by atoms with Gasteiger partial charge in [-0.15, -0.1) is 0 Å². The molecule has 2 aromatic heterocycles. The van der Waals surface area contributed by atoms with Gasteiger partial charge in [0.2, 0.25) is 0 Å². The lowest BCUT2D eigenvalue weighted by Gasteiger charge is -2.42. The van der Waals surface area contributed by atoms with Crippen molar-refractivity contribution in [3.63, 3.8) is 0 Å². The summed E-state index contributed by atoms with van der Waals surface area (Å²) in [4.78, 5) is 31.3. The predicted octanol–water partition coefficient (Wildman–Crippen LogP) is 6.72. The average molecular weight is 666 g/mol. The molecule has 1 saturated heterocycles. The number of likely N-dealkylation sites (tertiary alicyclic amines) is 1. The van der Waals surface area contributed by atoms with Crippen molar-refractivity contribution in [2.24, 2.45) is 13.0 Å². The predicted molar refractivity (Wildman–Crippen MR) is 193 cm³/mol. The van der Waals surface area contributed by atoms with Gasteiger partial charge in [0.1, 0.15) is 17.2 Å². The number of aliphatic hydroxyl groups excluding tert-OH is 1. The third kappa shape index (κ3) is 6.46. The molecule has 1 saturated carbocycles. The van der Waals surface area contributed by atoms with Crippen LogP contribution in [-0.4, -0.2) is 50.7 Å². The number of aryl methyl sites for hydroxylation is 2. The largest absolute Gasteiger partial charge is 0.392 e. The Labute approximate surface area is 288 Å². The molecular formula is C40H48FN5O3. The normalized spacial score (nSPS) is 19.2. The van der Waals surface area contributed by atoms with Gasteiger partial charge in [-0.25, -0.2) is 4.39 Å². The highest BCUT2D eigenvalue weighted by Crippen LogP contribution is 2.37. The summed E-state index contributed by atoms with van der Waals surface area (Å²) in [6, 6.07) is 7.13. The van der Waals surface area contributed by atoms with Crippen molar-refractivity contribution in [1.29, 1.82) is 0 Å². The van der Waals surface area contributed by atoms with Gasteiger partial charge in [-0.3, -0.25) is 9.59 Å². The summed E-state index contributed by atoms with van der Waals surface area (Å²) in [6.07, 6.45) is 18.3. The lowest BCUT2D eigenvalue weighted by Crippen LogP contribution is -2.44. The topological polar surface area (TPSA) is 82.7 Å². The van der Waals surface area contributed by atoms with E-state index in [1.54, 1.807) is 24.2 Å². The zero-order chi connectivity index (χ0) is 34.2. The van der Waals surface area contributed by atoms with Crippen molar-refractivity contribution in [3.05, 3.63) is 105 Å². The van der Waals surface area contributed by atoms with Gasteiger partial charge in [-0.1, -0.05) is 25.2 Å². The highest BCUT2D eigenvalue weighted by atomic mass is 19.1. The number of hydrogen-bond donors (Lipinski definition) is 2.